The molecule has 2 rings (SSSR count). The van der Waals surface area contributed by atoms with Gasteiger partial charge in [0, 0.05) is 26.3 Å². The highest BCUT2D eigenvalue weighted by Gasteiger charge is 2.26. The zero-order chi connectivity index (χ0) is 10.6. The third-order valence-electron chi connectivity index (χ3n) is 3.13. The largest absolute Gasteiger partial charge is 0.380 e. The molecule has 0 bridgehead atoms. The summed E-state index contributed by atoms with van der Waals surface area (Å²) in [6.07, 6.45) is 5.30. The van der Waals surface area contributed by atoms with Crippen LogP contribution in [0.3, 0.4) is 0 Å². The maximum absolute atomic E-state index is 5.51. The number of nitrogens with two attached hydrogens (primary N) is 2. The van der Waals surface area contributed by atoms with E-state index in [0.29, 0.717) is 24.3 Å². The van der Waals surface area contributed by atoms with Gasteiger partial charge < -0.3 is 20.9 Å². The minimum Gasteiger partial charge on any atom is -0.380 e. The molecule has 4 atom stereocenters. The summed E-state index contributed by atoms with van der Waals surface area (Å²) < 4.78 is 9.95. The fourth-order valence-corrected chi connectivity index (χ4v) is 1.58. The Morgan fingerprint density at radius 2 is 1.06 bits per heavy atom. The van der Waals surface area contributed by atoms with Crippen LogP contribution in [0.5, 0.6) is 0 Å². The predicted molar refractivity (Wildman–Crippen MR) is 70.5 cm³/mol. The average Bonchev–Trinajstić information content (AvgIpc) is 2.16. The van der Waals surface area contributed by atoms with Gasteiger partial charge in [-0.05, 0) is 25.7 Å². The van der Waals surface area contributed by atoms with Crippen LogP contribution in [0.2, 0.25) is 0 Å². The molecule has 0 aromatic carbocycles. The first kappa shape index (κ1) is 18.8. The molecule has 0 aromatic heterocycles. The van der Waals surface area contributed by atoms with Gasteiger partial charge in [0.05, 0.1) is 12.2 Å². The van der Waals surface area contributed by atoms with Crippen molar-refractivity contribution in [2.45, 2.75) is 50.0 Å². The average molecular weight is 275 g/mol. The minimum absolute atomic E-state index is 0. The van der Waals surface area contributed by atoms with Crippen LogP contribution in [0, 0.1) is 0 Å². The number of hydrogen-bond acceptors (Lipinski definition) is 4. The molecular weight excluding hydrogens is 251 g/mol. The fraction of sp³-hybridized carbons (Fsp3) is 1.00. The third-order valence-corrected chi connectivity index (χ3v) is 3.13. The van der Waals surface area contributed by atoms with Crippen LogP contribution in [0.25, 0.3) is 0 Å². The SMILES string of the molecule is CO[C@@H]1CC[C@H]1N.CO[C@H]1CC[C@@H]1N.Cl.Cl. The Bertz CT molecular complexity index is 153. The molecule has 0 radical (unpaired) electrons. The highest BCUT2D eigenvalue weighted by atomic mass is 35.5. The van der Waals surface area contributed by atoms with E-state index in [1.54, 1.807) is 14.2 Å². The van der Waals surface area contributed by atoms with Gasteiger partial charge in [-0.3, -0.25) is 0 Å². The summed E-state index contributed by atoms with van der Waals surface area (Å²) in [5, 5.41) is 0. The minimum atomic E-state index is 0. The zero-order valence-corrected chi connectivity index (χ0v) is 11.6. The molecule has 0 unspecified atom stereocenters. The maximum Gasteiger partial charge on any atom is 0.0722 e. The Labute approximate surface area is 110 Å². The van der Waals surface area contributed by atoms with E-state index >= 15 is 0 Å². The Morgan fingerprint density at radius 1 is 0.750 bits per heavy atom. The summed E-state index contributed by atoms with van der Waals surface area (Å²) in [4.78, 5) is 0. The Hall–Kier alpha value is 0.420. The first-order valence-electron chi connectivity index (χ1n) is 5.25. The number of ether oxygens (including phenoxy) is 2. The summed E-state index contributed by atoms with van der Waals surface area (Å²) in [5.41, 5.74) is 11.0. The van der Waals surface area contributed by atoms with Crippen LogP contribution in [0.15, 0.2) is 0 Å². The van der Waals surface area contributed by atoms with Gasteiger partial charge in [-0.1, -0.05) is 0 Å². The van der Waals surface area contributed by atoms with Crippen LogP contribution >= 0.6 is 24.8 Å². The lowest BCUT2D eigenvalue weighted by Crippen LogP contribution is -2.45. The van der Waals surface area contributed by atoms with Crippen molar-refractivity contribution in [2.75, 3.05) is 14.2 Å². The number of halogens is 2. The molecule has 4 N–H and O–H groups in total. The lowest BCUT2D eigenvalue weighted by molar-refractivity contribution is 0.0212. The molecule has 0 aliphatic heterocycles. The summed E-state index contributed by atoms with van der Waals surface area (Å²) in [5.74, 6) is 0. The molecule has 0 saturated heterocycles. The lowest BCUT2D eigenvalue weighted by Gasteiger charge is -2.31. The van der Waals surface area contributed by atoms with Crippen molar-refractivity contribution in [2.24, 2.45) is 11.5 Å². The van der Waals surface area contributed by atoms with Crippen molar-refractivity contribution < 1.29 is 9.47 Å². The fourth-order valence-electron chi connectivity index (χ4n) is 1.58. The molecule has 0 spiro atoms. The van der Waals surface area contributed by atoms with Gasteiger partial charge in [-0.2, -0.15) is 0 Å². The maximum atomic E-state index is 5.51. The van der Waals surface area contributed by atoms with E-state index in [2.05, 4.69) is 0 Å². The Morgan fingerprint density at radius 3 is 1.06 bits per heavy atom. The molecule has 100 valence electrons. The Balaban J connectivity index is 0. The molecule has 16 heavy (non-hydrogen) atoms. The van der Waals surface area contributed by atoms with E-state index < -0.39 is 0 Å². The van der Waals surface area contributed by atoms with E-state index in [-0.39, 0.29) is 24.8 Å². The number of hydrogen-bond donors (Lipinski definition) is 2. The first-order chi connectivity index (χ1) is 6.69. The van der Waals surface area contributed by atoms with Crippen LogP contribution in [0.4, 0.5) is 0 Å². The van der Waals surface area contributed by atoms with Gasteiger partial charge in [0.1, 0.15) is 0 Å². The van der Waals surface area contributed by atoms with E-state index in [0.717, 1.165) is 25.7 Å². The topological polar surface area (TPSA) is 70.5 Å². The van der Waals surface area contributed by atoms with Gasteiger partial charge in [-0.25, -0.2) is 0 Å². The van der Waals surface area contributed by atoms with Crippen molar-refractivity contribution >= 4 is 24.8 Å². The predicted octanol–water partition coefficient (Wildman–Crippen LogP) is 1.09. The van der Waals surface area contributed by atoms with E-state index in [1.807, 2.05) is 0 Å². The normalized spacial score (nSPS) is 35.2. The zero-order valence-electron chi connectivity index (χ0n) is 9.93. The van der Waals surface area contributed by atoms with Gasteiger partial charge in [0.15, 0.2) is 0 Å². The molecule has 2 fully saturated rings. The number of methoxy groups -OCH3 is 2. The van der Waals surface area contributed by atoms with E-state index in [9.17, 15) is 0 Å². The van der Waals surface area contributed by atoms with Crippen LogP contribution in [-0.4, -0.2) is 38.5 Å². The van der Waals surface area contributed by atoms with Crippen molar-refractivity contribution in [1.29, 1.82) is 0 Å². The van der Waals surface area contributed by atoms with Crippen molar-refractivity contribution in [3.8, 4) is 0 Å². The summed E-state index contributed by atoms with van der Waals surface area (Å²) in [6, 6.07) is 0.648. The summed E-state index contributed by atoms with van der Waals surface area (Å²) in [6.45, 7) is 0. The monoisotopic (exact) mass is 274 g/mol. The molecule has 4 nitrogen and oxygen atoms in total. The molecule has 0 amide bonds. The Kier molecular flexibility index (Phi) is 11.1. The van der Waals surface area contributed by atoms with Gasteiger partial charge in [0.2, 0.25) is 0 Å². The second kappa shape index (κ2) is 9.45. The molecule has 0 aromatic rings. The highest BCUT2D eigenvalue weighted by Crippen LogP contribution is 2.20. The van der Waals surface area contributed by atoms with Crippen molar-refractivity contribution in [1.82, 2.24) is 0 Å². The molecule has 2 saturated carbocycles. The quantitative estimate of drug-likeness (QED) is 0.791. The smallest absolute Gasteiger partial charge is 0.0722 e. The van der Waals surface area contributed by atoms with E-state index in [4.69, 9.17) is 20.9 Å². The van der Waals surface area contributed by atoms with Crippen LogP contribution < -0.4 is 11.5 Å². The molecule has 0 heterocycles. The summed E-state index contributed by atoms with van der Waals surface area (Å²) in [7, 11) is 3.42. The van der Waals surface area contributed by atoms with E-state index in [1.165, 1.54) is 0 Å². The van der Waals surface area contributed by atoms with Crippen LogP contribution in [0.1, 0.15) is 25.7 Å². The molecule has 2 aliphatic rings. The lowest BCUT2D eigenvalue weighted by atomic mass is 9.90. The van der Waals surface area contributed by atoms with Gasteiger partial charge in [-0.15, -0.1) is 24.8 Å². The molecular formula is C10H24Cl2N2O2. The standard InChI is InChI=1S/2C5H11NO.2ClH/c2*1-7-5-3-2-4(5)6;;/h2*4-5H,2-3,6H2,1H3;2*1H/t2*4-,5-;;/m10../s1. The van der Waals surface area contributed by atoms with Crippen molar-refractivity contribution in [3.63, 3.8) is 0 Å². The second-order valence-electron chi connectivity index (χ2n) is 4.03. The molecule has 2 aliphatic carbocycles. The summed E-state index contributed by atoms with van der Waals surface area (Å²) >= 11 is 0. The first-order valence-corrected chi connectivity index (χ1v) is 5.25. The highest BCUT2D eigenvalue weighted by molar-refractivity contribution is 5.85. The second-order valence-corrected chi connectivity index (χ2v) is 4.03. The van der Waals surface area contributed by atoms with Gasteiger partial charge in [0.25, 0.3) is 0 Å². The van der Waals surface area contributed by atoms with Crippen molar-refractivity contribution in [3.05, 3.63) is 0 Å². The third kappa shape index (κ3) is 5.17. The number of rotatable bonds is 2. The molecule has 6 heteroatoms. The van der Waals surface area contributed by atoms with Gasteiger partial charge >= 0.3 is 0 Å². The van der Waals surface area contributed by atoms with Crippen LogP contribution in [-0.2, 0) is 9.47 Å².